The second-order valence-corrected chi connectivity index (χ2v) is 9.97. The molecule has 1 amide bonds. The van der Waals surface area contributed by atoms with Crippen LogP contribution in [0.1, 0.15) is 58.8 Å². The molecule has 2 fully saturated rings. The molecule has 6 heteroatoms. The van der Waals surface area contributed by atoms with Crippen LogP contribution in [0.15, 0.2) is 23.8 Å². The molecule has 1 saturated heterocycles. The second-order valence-electron chi connectivity index (χ2n) is 9.97. The van der Waals surface area contributed by atoms with E-state index >= 15 is 0 Å². The van der Waals surface area contributed by atoms with E-state index in [1.54, 1.807) is 0 Å². The third-order valence-electron chi connectivity index (χ3n) is 7.31. The van der Waals surface area contributed by atoms with Crippen molar-refractivity contribution in [1.29, 1.82) is 0 Å². The molecule has 0 unspecified atom stereocenters. The fourth-order valence-electron chi connectivity index (χ4n) is 5.46. The maximum absolute atomic E-state index is 12.2. The Morgan fingerprint density at radius 3 is 2.91 bits per heavy atom. The molecule has 1 aliphatic heterocycles. The Hall–Kier alpha value is -1.21. The molecule has 182 valence electrons. The third kappa shape index (κ3) is 7.41. The van der Waals surface area contributed by atoms with Crippen molar-refractivity contribution in [3.63, 3.8) is 0 Å². The highest BCUT2D eigenvalue weighted by atomic mass is 16.5. The van der Waals surface area contributed by atoms with Crippen LogP contribution >= 0.6 is 0 Å². The summed E-state index contributed by atoms with van der Waals surface area (Å²) >= 11 is 0. The van der Waals surface area contributed by atoms with Gasteiger partial charge in [-0.2, -0.15) is 0 Å². The Labute approximate surface area is 193 Å². The molecule has 2 aliphatic carbocycles. The number of carbonyl (C=O) groups excluding carboxylic acids is 1. The van der Waals surface area contributed by atoms with Gasteiger partial charge in [0.05, 0.1) is 45.1 Å². The lowest BCUT2D eigenvalue weighted by Gasteiger charge is -2.26. The van der Waals surface area contributed by atoms with Gasteiger partial charge in [0, 0.05) is 19.0 Å². The average molecular weight is 450 g/mol. The van der Waals surface area contributed by atoms with E-state index in [0.29, 0.717) is 63.7 Å². The summed E-state index contributed by atoms with van der Waals surface area (Å²) in [4.78, 5) is 14.0. The number of unbranched alkanes of at least 4 members (excludes halogenated alkanes) is 1. The Kier molecular flexibility index (Phi) is 10.2. The highest BCUT2D eigenvalue weighted by Crippen LogP contribution is 2.47. The molecular weight excluding hydrogens is 406 g/mol. The van der Waals surface area contributed by atoms with Crippen LogP contribution in [-0.4, -0.2) is 72.7 Å². The fraction of sp³-hybridized carbons (Fsp3) is 0.808. The molecule has 2 N–H and O–H groups in total. The maximum Gasteiger partial charge on any atom is 0.225 e. The predicted octanol–water partition coefficient (Wildman–Crippen LogP) is 3.33. The lowest BCUT2D eigenvalue weighted by Crippen LogP contribution is -2.41. The normalized spacial score (nSPS) is 29.9. The van der Waals surface area contributed by atoms with Gasteiger partial charge < -0.3 is 24.6 Å². The molecule has 3 aliphatic rings. The van der Waals surface area contributed by atoms with Crippen LogP contribution in [-0.2, 0) is 14.3 Å². The van der Waals surface area contributed by atoms with Gasteiger partial charge >= 0.3 is 0 Å². The van der Waals surface area contributed by atoms with Gasteiger partial charge in [0.25, 0.3) is 0 Å². The number of rotatable bonds is 12. The summed E-state index contributed by atoms with van der Waals surface area (Å²) in [5.41, 5.74) is 1.28. The molecule has 0 aromatic heterocycles. The van der Waals surface area contributed by atoms with Gasteiger partial charge in [-0.25, -0.2) is 0 Å². The van der Waals surface area contributed by atoms with E-state index in [4.69, 9.17) is 9.47 Å². The summed E-state index contributed by atoms with van der Waals surface area (Å²) in [5.74, 6) is 1.52. The summed E-state index contributed by atoms with van der Waals surface area (Å²) in [6, 6.07) is 0. The molecule has 1 saturated carbocycles. The molecule has 0 aromatic rings. The fourth-order valence-corrected chi connectivity index (χ4v) is 5.46. The smallest absolute Gasteiger partial charge is 0.225 e. The van der Waals surface area contributed by atoms with Crippen LogP contribution < -0.4 is 0 Å². The number of morpholine rings is 1. The minimum absolute atomic E-state index is 0.0947. The van der Waals surface area contributed by atoms with E-state index in [-0.39, 0.29) is 17.9 Å². The Bertz CT molecular complexity index is 642. The number of aliphatic hydroxyl groups is 2. The van der Waals surface area contributed by atoms with Gasteiger partial charge in [-0.3, -0.25) is 4.79 Å². The van der Waals surface area contributed by atoms with Gasteiger partial charge in [0.2, 0.25) is 5.91 Å². The first-order valence-electron chi connectivity index (χ1n) is 12.6. The molecule has 1 heterocycles. The van der Waals surface area contributed by atoms with Crippen molar-refractivity contribution in [3.05, 3.63) is 23.8 Å². The van der Waals surface area contributed by atoms with Crippen molar-refractivity contribution < 1.29 is 24.5 Å². The number of aliphatic hydroxyl groups excluding tert-OH is 2. The van der Waals surface area contributed by atoms with E-state index < -0.39 is 6.10 Å². The van der Waals surface area contributed by atoms with Gasteiger partial charge in [0.1, 0.15) is 0 Å². The first kappa shape index (κ1) is 25.4. The van der Waals surface area contributed by atoms with Crippen LogP contribution in [0.3, 0.4) is 0 Å². The predicted molar refractivity (Wildman–Crippen MR) is 125 cm³/mol. The molecule has 3 rings (SSSR count). The zero-order valence-electron chi connectivity index (χ0n) is 20.0. The van der Waals surface area contributed by atoms with E-state index in [9.17, 15) is 15.0 Å². The van der Waals surface area contributed by atoms with Crippen molar-refractivity contribution in [1.82, 2.24) is 4.90 Å². The Morgan fingerprint density at radius 2 is 2.16 bits per heavy atom. The summed E-state index contributed by atoms with van der Waals surface area (Å²) in [7, 11) is 0. The van der Waals surface area contributed by atoms with Gasteiger partial charge in [-0.1, -0.05) is 51.3 Å². The van der Waals surface area contributed by atoms with E-state index in [2.05, 4.69) is 26.0 Å². The quantitative estimate of drug-likeness (QED) is 0.353. The van der Waals surface area contributed by atoms with Crippen LogP contribution in [0, 0.1) is 23.7 Å². The zero-order valence-corrected chi connectivity index (χ0v) is 20.0. The monoisotopic (exact) mass is 449 g/mol. The first-order valence-corrected chi connectivity index (χ1v) is 12.6. The summed E-state index contributed by atoms with van der Waals surface area (Å²) < 4.78 is 11.1. The molecule has 0 bridgehead atoms. The SMILES string of the molecule is CCCC[C@H](C)C[C@H](O)C=C[C@@H]1[C@H]2CC(COCCC(=O)N3CCOCC3)=C[C@H]2C[C@H]1O. The van der Waals surface area contributed by atoms with Crippen molar-refractivity contribution >= 4 is 5.91 Å². The maximum atomic E-state index is 12.2. The summed E-state index contributed by atoms with van der Waals surface area (Å²) in [5, 5.41) is 20.9. The van der Waals surface area contributed by atoms with E-state index in [1.807, 2.05) is 11.0 Å². The standard InChI is InChI=1S/C26H43NO5/c1-3-4-5-19(2)14-22(28)6-7-23-24-16-20(15-21(24)17-25(23)29)18-32-11-8-26(30)27-9-12-31-13-10-27/h6-7,15,19,21-25,28-29H,3-5,8-14,16-18H2,1-2H3/t19-,21-,22+,23+,24-,25+/m0/s1. The lowest BCUT2D eigenvalue weighted by molar-refractivity contribution is -0.136. The van der Waals surface area contributed by atoms with Crippen molar-refractivity contribution in [3.8, 4) is 0 Å². The second kappa shape index (κ2) is 12.9. The highest BCUT2D eigenvalue weighted by Gasteiger charge is 2.43. The summed E-state index contributed by atoms with van der Waals surface area (Å²) in [6.45, 7) is 8.01. The number of hydrogen-bond acceptors (Lipinski definition) is 5. The molecule has 6 atom stereocenters. The molecule has 32 heavy (non-hydrogen) atoms. The van der Waals surface area contributed by atoms with Crippen LogP contribution in [0.2, 0.25) is 0 Å². The number of carbonyl (C=O) groups is 1. The molecule has 0 aromatic carbocycles. The molecule has 0 radical (unpaired) electrons. The lowest BCUT2D eigenvalue weighted by atomic mass is 9.88. The molecule has 0 spiro atoms. The summed E-state index contributed by atoms with van der Waals surface area (Å²) in [6.07, 6.45) is 11.9. The topological polar surface area (TPSA) is 79.2 Å². The molecule has 6 nitrogen and oxygen atoms in total. The van der Waals surface area contributed by atoms with E-state index in [1.165, 1.54) is 18.4 Å². The van der Waals surface area contributed by atoms with Gasteiger partial charge in [0.15, 0.2) is 0 Å². The van der Waals surface area contributed by atoms with Crippen molar-refractivity contribution in [2.24, 2.45) is 23.7 Å². The zero-order chi connectivity index (χ0) is 22.9. The number of hydrogen-bond donors (Lipinski definition) is 2. The molecular formula is C26H43NO5. The van der Waals surface area contributed by atoms with Crippen molar-refractivity contribution in [2.45, 2.75) is 71.0 Å². The van der Waals surface area contributed by atoms with Crippen molar-refractivity contribution in [2.75, 3.05) is 39.5 Å². The number of nitrogens with zero attached hydrogens (tertiary/aromatic N) is 1. The highest BCUT2D eigenvalue weighted by molar-refractivity contribution is 5.76. The average Bonchev–Trinajstić information content (AvgIpc) is 3.30. The van der Waals surface area contributed by atoms with Crippen LogP contribution in [0.5, 0.6) is 0 Å². The number of ether oxygens (including phenoxy) is 2. The number of fused-ring (bicyclic) bond motifs is 1. The Morgan fingerprint density at radius 1 is 1.38 bits per heavy atom. The largest absolute Gasteiger partial charge is 0.392 e. The minimum Gasteiger partial charge on any atom is -0.392 e. The number of allylic oxidation sites excluding steroid dienone is 1. The number of amides is 1. The van der Waals surface area contributed by atoms with Crippen LogP contribution in [0.4, 0.5) is 0 Å². The van der Waals surface area contributed by atoms with E-state index in [0.717, 1.165) is 25.7 Å². The Balaban J connectivity index is 1.38. The van der Waals surface area contributed by atoms with Gasteiger partial charge in [-0.15, -0.1) is 0 Å². The van der Waals surface area contributed by atoms with Crippen LogP contribution in [0.25, 0.3) is 0 Å². The first-order chi connectivity index (χ1) is 15.5. The minimum atomic E-state index is -0.436. The third-order valence-corrected chi connectivity index (χ3v) is 7.31. The van der Waals surface area contributed by atoms with Gasteiger partial charge in [-0.05, 0) is 42.6 Å².